The molecule has 98 valence electrons. The summed E-state index contributed by atoms with van der Waals surface area (Å²) in [6, 6.07) is 1.56. The van der Waals surface area contributed by atoms with Crippen molar-refractivity contribution < 1.29 is 4.79 Å². The fraction of sp³-hybridized carbons (Fsp3) is 0.308. The van der Waals surface area contributed by atoms with E-state index in [0.29, 0.717) is 17.1 Å². The number of nitrogens with two attached hydrogens (primary N) is 2. The molecule has 1 aliphatic carbocycles. The summed E-state index contributed by atoms with van der Waals surface area (Å²) in [6.45, 7) is 0. The molecular weight excluding hydrogens is 242 g/mol. The molecule has 1 amide bonds. The Labute approximate surface area is 110 Å². The van der Waals surface area contributed by atoms with E-state index in [9.17, 15) is 4.79 Å². The highest BCUT2D eigenvalue weighted by molar-refractivity contribution is 5.96. The van der Waals surface area contributed by atoms with Gasteiger partial charge >= 0.3 is 0 Å². The number of aromatic nitrogens is 3. The number of imidazole rings is 1. The monoisotopic (exact) mass is 257 g/mol. The second-order valence-electron chi connectivity index (χ2n) is 4.72. The van der Waals surface area contributed by atoms with Gasteiger partial charge in [0, 0.05) is 5.69 Å². The molecule has 3 rings (SSSR count). The molecule has 4 N–H and O–H groups in total. The molecule has 0 saturated heterocycles. The van der Waals surface area contributed by atoms with Crippen molar-refractivity contribution in [1.29, 1.82) is 0 Å². The van der Waals surface area contributed by atoms with Crippen LogP contribution in [-0.4, -0.2) is 20.4 Å². The number of anilines is 1. The summed E-state index contributed by atoms with van der Waals surface area (Å²) in [6.07, 6.45) is 7.43. The van der Waals surface area contributed by atoms with Crippen molar-refractivity contribution in [3.63, 3.8) is 0 Å². The first-order valence-electron chi connectivity index (χ1n) is 6.27. The Hall–Kier alpha value is -2.37. The predicted molar refractivity (Wildman–Crippen MR) is 70.9 cm³/mol. The van der Waals surface area contributed by atoms with Crippen molar-refractivity contribution in [2.45, 2.75) is 25.7 Å². The van der Waals surface area contributed by atoms with Crippen LogP contribution in [0.1, 0.15) is 34.6 Å². The summed E-state index contributed by atoms with van der Waals surface area (Å²) in [5, 5.41) is 0. The van der Waals surface area contributed by atoms with Gasteiger partial charge in [-0.3, -0.25) is 9.36 Å². The number of nitrogen functional groups attached to an aromatic ring is 1. The number of carbonyl (C=O) groups is 1. The molecule has 2 heterocycles. The molecule has 0 saturated carbocycles. The molecule has 6 heteroatoms. The molecule has 0 bridgehead atoms. The number of amides is 1. The van der Waals surface area contributed by atoms with Crippen LogP contribution in [0.25, 0.3) is 5.82 Å². The van der Waals surface area contributed by atoms with Crippen LogP contribution in [0.5, 0.6) is 0 Å². The van der Waals surface area contributed by atoms with Crippen molar-refractivity contribution in [2.75, 3.05) is 5.73 Å². The van der Waals surface area contributed by atoms with Gasteiger partial charge in [0.1, 0.15) is 6.33 Å². The number of carbonyl (C=O) groups excluding carboxylic acids is 1. The van der Waals surface area contributed by atoms with Gasteiger partial charge in [-0.15, -0.1) is 0 Å². The van der Waals surface area contributed by atoms with Gasteiger partial charge in [0.05, 0.1) is 23.1 Å². The third-order valence-corrected chi connectivity index (χ3v) is 3.41. The van der Waals surface area contributed by atoms with Gasteiger partial charge in [0.25, 0.3) is 5.91 Å². The number of primary amides is 1. The predicted octanol–water partition coefficient (Wildman–Crippen LogP) is 0.827. The Morgan fingerprint density at radius 3 is 2.84 bits per heavy atom. The summed E-state index contributed by atoms with van der Waals surface area (Å²) in [5.74, 6) is -0.0228. The molecular formula is C13H15N5O. The maximum Gasteiger partial charge on any atom is 0.252 e. The van der Waals surface area contributed by atoms with Crippen LogP contribution in [0, 0.1) is 0 Å². The highest BCUT2D eigenvalue weighted by atomic mass is 16.1. The quantitative estimate of drug-likeness (QED) is 0.832. The number of hydrogen-bond donors (Lipinski definition) is 2. The van der Waals surface area contributed by atoms with Crippen molar-refractivity contribution in [3.05, 3.63) is 35.5 Å². The Balaban J connectivity index is 2.17. The average molecular weight is 257 g/mol. The minimum absolute atomic E-state index is 0.325. The summed E-state index contributed by atoms with van der Waals surface area (Å²) in [5.41, 5.74) is 14.0. The van der Waals surface area contributed by atoms with E-state index in [0.717, 1.165) is 37.1 Å². The Kier molecular flexibility index (Phi) is 2.70. The maximum absolute atomic E-state index is 11.5. The second-order valence-corrected chi connectivity index (χ2v) is 4.72. The smallest absolute Gasteiger partial charge is 0.252 e. The zero-order valence-corrected chi connectivity index (χ0v) is 10.5. The topological polar surface area (TPSA) is 99.8 Å². The van der Waals surface area contributed by atoms with Crippen LogP contribution in [0.3, 0.4) is 0 Å². The highest BCUT2D eigenvalue weighted by Crippen LogP contribution is 2.24. The van der Waals surface area contributed by atoms with Crippen LogP contribution in [0.15, 0.2) is 18.6 Å². The Bertz CT molecular complexity index is 646. The Morgan fingerprint density at radius 2 is 2.05 bits per heavy atom. The van der Waals surface area contributed by atoms with E-state index in [4.69, 9.17) is 11.5 Å². The molecule has 6 nitrogen and oxygen atoms in total. The third-order valence-electron chi connectivity index (χ3n) is 3.41. The first kappa shape index (κ1) is 11.7. The lowest BCUT2D eigenvalue weighted by Crippen LogP contribution is -2.17. The number of pyridine rings is 1. The number of nitrogens with zero attached hydrogens (tertiary/aromatic N) is 3. The van der Waals surface area contributed by atoms with Crippen LogP contribution in [-0.2, 0) is 12.8 Å². The molecule has 19 heavy (non-hydrogen) atoms. The SMILES string of the molecule is NC(=O)c1cc(N)cnc1-n1cnc2c1CCCC2. The van der Waals surface area contributed by atoms with Crippen molar-refractivity contribution >= 4 is 11.6 Å². The molecule has 2 aromatic heterocycles. The number of rotatable bonds is 2. The minimum atomic E-state index is -0.534. The van der Waals surface area contributed by atoms with Crippen LogP contribution >= 0.6 is 0 Å². The molecule has 0 fully saturated rings. The lowest BCUT2D eigenvalue weighted by Gasteiger charge is -2.15. The van der Waals surface area contributed by atoms with Crippen molar-refractivity contribution in [1.82, 2.24) is 14.5 Å². The fourth-order valence-electron chi connectivity index (χ4n) is 2.50. The van der Waals surface area contributed by atoms with E-state index in [1.807, 2.05) is 4.57 Å². The van der Waals surface area contributed by atoms with E-state index in [1.54, 1.807) is 12.4 Å². The minimum Gasteiger partial charge on any atom is -0.397 e. The van der Waals surface area contributed by atoms with Gasteiger partial charge in [-0.05, 0) is 31.7 Å². The average Bonchev–Trinajstić information content (AvgIpc) is 2.82. The van der Waals surface area contributed by atoms with E-state index in [-0.39, 0.29) is 0 Å². The van der Waals surface area contributed by atoms with Gasteiger partial charge in [0.15, 0.2) is 5.82 Å². The van der Waals surface area contributed by atoms with Gasteiger partial charge in [-0.1, -0.05) is 0 Å². The van der Waals surface area contributed by atoms with Crippen LogP contribution in [0.4, 0.5) is 5.69 Å². The standard InChI is InChI=1S/C13H15N5O/c14-8-5-9(12(15)19)13(16-6-8)18-7-17-10-3-1-2-4-11(10)18/h5-7H,1-4,14H2,(H2,15,19). The first-order chi connectivity index (χ1) is 9.16. The molecule has 0 spiro atoms. The highest BCUT2D eigenvalue weighted by Gasteiger charge is 2.20. The largest absolute Gasteiger partial charge is 0.397 e. The summed E-state index contributed by atoms with van der Waals surface area (Å²) < 4.78 is 1.86. The fourth-order valence-corrected chi connectivity index (χ4v) is 2.50. The molecule has 0 unspecified atom stereocenters. The summed E-state index contributed by atoms with van der Waals surface area (Å²) >= 11 is 0. The van der Waals surface area contributed by atoms with Crippen molar-refractivity contribution in [2.24, 2.45) is 5.73 Å². The Morgan fingerprint density at radius 1 is 1.26 bits per heavy atom. The second kappa shape index (κ2) is 4.38. The van der Waals surface area contributed by atoms with Gasteiger partial charge in [-0.25, -0.2) is 9.97 Å². The van der Waals surface area contributed by atoms with Crippen LogP contribution < -0.4 is 11.5 Å². The van der Waals surface area contributed by atoms with Gasteiger partial charge in [0.2, 0.25) is 0 Å². The van der Waals surface area contributed by atoms with E-state index < -0.39 is 5.91 Å². The lowest BCUT2D eigenvalue weighted by atomic mass is 10.0. The van der Waals surface area contributed by atoms with Gasteiger partial charge in [-0.2, -0.15) is 0 Å². The third kappa shape index (κ3) is 1.95. The van der Waals surface area contributed by atoms with Crippen molar-refractivity contribution in [3.8, 4) is 5.82 Å². The number of aryl methyl sites for hydroxylation is 1. The van der Waals surface area contributed by atoms with E-state index in [1.165, 1.54) is 6.20 Å². The molecule has 0 radical (unpaired) electrons. The van der Waals surface area contributed by atoms with Gasteiger partial charge < -0.3 is 11.5 Å². The normalized spacial score (nSPS) is 14.1. The lowest BCUT2D eigenvalue weighted by molar-refractivity contribution is 0.1000. The van der Waals surface area contributed by atoms with E-state index >= 15 is 0 Å². The summed E-state index contributed by atoms with van der Waals surface area (Å²) in [7, 11) is 0. The number of fused-ring (bicyclic) bond motifs is 1. The summed E-state index contributed by atoms with van der Waals surface area (Å²) in [4.78, 5) is 20.2. The van der Waals surface area contributed by atoms with E-state index in [2.05, 4.69) is 9.97 Å². The van der Waals surface area contributed by atoms with Crippen LogP contribution in [0.2, 0.25) is 0 Å². The zero-order chi connectivity index (χ0) is 13.4. The molecule has 1 aliphatic rings. The molecule has 0 aromatic carbocycles. The maximum atomic E-state index is 11.5. The number of hydrogen-bond acceptors (Lipinski definition) is 4. The molecule has 2 aromatic rings. The molecule has 0 aliphatic heterocycles. The first-order valence-corrected chi connectivity index (χ1v) is 6.27. The molecule has 0 atom stereocenters. The zero-order valence-electron chi connectivity index (χ0n) is 10.5.